The van der Waals surface area contributed by atoms with Crippen molar-refractivity contribution in [3.05, 3.63) is 34.0 Å². The molecule has 0 aromatic rings. The zero-order valence-electron chi connectivity index (χ0n) is 20.1. The second-order valence-electron chi connectivity index (χ2n) is 10.9. The van der Waals surface area contributed by atoms with Crippen molar-refractivity contribution in [1.29, 1.82) is 0 Å². The summed E-state index contributed by atoms with van der Waals surface area (Å²) in [5, 5.41) is 0. The molecule has 0 aliphatic carbocycles. The minimum atomic E-state index is -1.94. The number of allylic oxidation sites excluding steroid dienone is 3. The molecular weight excluding hydrogens is 483 g/mol. The molecule has 1 fully saturated rings. The van der Waals surface area contributed by atoms with Crippen molar-refractivity contribution >= 4 is 32.4 Å². The Labute approximate surface area is 184 Å². The summed E-state index contributed by atoms with van der Waals surface area (Å²) in [6.07, 6.45) is 11.1. The van der Waals surface area contributed by atoms with Crippen molar-refractivity contribution in [2.75, 3.05) is 6.61 Å². The average molecular weight is 527 g/mol. The van der Waals surface area contributed by atoms with Crippen molar-refractivity contribution in [1.82, 2.24) is 0 Å². The molecule has 0 bridgehead atoms. The van der Waals surface area contributed by atoms with Gasteiger partial charge in [0.05, 0.1) is 6.61 Å². The third kappa shape index (κ3) is 12.2. The standard InChI is InChI=1S/C21H35O3Si.3CH3.Sn/c1-7-11-17(2)16-20-19(24-20)13-10-8-9-12-18(3)21(22)23-14-15-25(4,5)6;;;;/h10,12-13,17,19-20H,1,8-9,11,14-16H2,2-6H3;3*1H3;/b13-10-,18-12+;;;;/t17-,19+,20+;;;;/m1..../s1. The van der Waals surface area contributed by atoms with Crippen LogP contribution in [0.5, 0.6) is 0 Å². The van der Waals surface area contributed by atoms with Crippen LogP contribution in [0.15, 0.2) is 34.0 Å². The number of unbranched alkanes of at least 4 members (excludes halogenated alkanes) is 1. The van der Waals surface area contributed by atoms with Crippen molar-refractivity contribution in [3.8, 4) is 0 Å². The summed E-state index contributed by atoms with van der Waals surface area (Å²) < 4.78 is 12.7. The Kier molecular flexibility index (Phi) is 11.0. The van der Waals surface area contributed by atoms with Gasteiger partial charge in [-0.3, -0.25) is 0 Å². The third-order valence-electron chi connectivity index (χ3n) is 5.43. The molecule has 0 saturated carbocycles. The Balaban J connectivity index is 2.21. The second-order valence-corrected chi connectivity index (χ2v) is 31.4. The van der Waals surface area contributed by atoms with E-state index in [9.17, 15) is 4.79 Å². The van der Waals surface area contributed by atoms with Crippen LogP contribution >= 0.6 is 0 Å². The third-order valence-corrected chi connectivity index (χ3v) is 13.8. The topological polar surface area (TPSA) is 38.8 Å². The van der Waals surface area contributed by atoms with Crippen LogP contribution in [-0.2, 0) is 14.3 Å². The number of hydrogen-bond acceptors (Lipinski definition) is 3. The molecule has 3 nitrogen and oxygen atoms in total. The molecule has 0 radical (unpaired) electrons. The first-order valence-corrected chi connectivity index (χ1v) is 24.8. The van der Waals surface area contributed by atoms with Gasteiger partial charge in [0.25, 0.3) is 0 Å². The Morgan fingerprint density at radius 1 is 1.24 bits per heavy atom. The number of carbonyl (C=O) groups excluding carboxylic acids is 1. The SMILES string of the molecule is C=[C](C[C@@H](C)C[C@@H]1O[C@H]1/C=C\CC/C=C(\C)C(=O)OCC[Si](C)(C)C)[Sn]([CH3])([CH3])[CH3]. The molecule has 1 heterocycles. The van der Waals surface area contributed by atoms with E-state index < -0.39 is 26.5 Å². The Bertz CT molecular complexity index is 611. The molecule has 29 heavy (non-hydrogen) atoms. The van der Waals surface area contributed by atoms with Crippen molar-refractivity contribution in [3.63, 3.8) is 0 Å². The molecular formula is C24H44O3SiSn. The summed E-state index contributed by atoms with van der Waals surface area (Å²) in [5.74, 6) is 0.479. The number of ether oxygens (including phenoxy) is 2. The van der Waals surface area contributed by atoms with Crippen LogP contribution in [0.25, 0.3) is 0 Å². The molecule has 0 spiro atoms. The van der Waals surface area contributed by atoms with Gasteiger partial charge in [-0.2, -0.15) is 0 Å². The van der Waals surface area contributed by atoms with E-state index in [1.54, 1.807) is 0 Å². The molecule has 1 saturated heterocycles. The van der Waals surface area contributed by atoms with Gasteiger partial charge in [-0.15, -0.1) is 0 Å². The minimum absolute atomic E-state index is 0.173. The molecule has 0 aromatic heterocycles. The van der Waals surface area contributed by atoms with E-state index in [2.05, 4.69) is 60.1 Å². The fourth-order valence-electron chi connectivity index (χ4n) is 3.00. The van der Waals surface area contributed by atoms with E-state index >= 15 is 0 Å². The van der Waals surface area contributed by atoms with Gasteiger partial charge in [0.1, 0.15) is 0 Å². The first kappa shape index (κ1) is 26.7. The monoisotopic (exact) mass is 528 g/mol. The summed E-state index contributed by atoms with van der Waals surface area (Å²) >= 11 is -1.94. The number of rotatable bonds is 13. The number of epoxide rings is 1. The molecule has 5 heteroatoms. The Morgan fingerprint density at radius 3 is 2.48 bits per heavy atom. The molecule has 0 aromatic carbocycles. The first-order valence-electron chi connectivity index (χ1n) is 11.1. The molecule has 1 aliphatic rings. The fourth-order valence-corrected chi connectivity index (χ4v) is 6.45. The van der Waals surface area contributed by atoms with Gasteiger partial charge in [0.2, 0.25) is 0 Å². The number of carbonyl (C=O) groups is 1. The number of esters is 1. The van der Waals surface area contributed by atoms with E-state index in [0.29, 0.717) is 24.2 Å². The van der Waals surface area contributed by atoms with Crippen LogP contribution < -0.4 is 0 Å². The van der Waals surface area contributed by atoms with E-state index in [1.165, 1.54) is 3.59 Å². The molecule has 0 N–H and O–H groups in total. The summed E-state index contributed by atoms with van der Waals surface area (Å²) in [7, 11) is -1.15. The van der Waals surface area contributed by atoms with Crippen molar-refractivity contribution < 1.29 is 14.3 Å². The number of hydrogen-bond donors (Lipinski definition) is 0. The van der Waals surface area contributed by atoms with E-state index in [1.807, 2.05) is 13.0 Å². The second kappa shape index (κ2) is 11.9. The van der Waals surface area contributed by atoms with Gasteiger partial charge in [-0.25, -0.2) is 4.79 Å². The maximum absolute atomic E-state index is 12.0. The van der Waals surface area contributed by atoms with Gasteiger partial charge >= 0.3 is 129 Å². The summed E-state index contributed by atoms with van der Waals surface area (Å²) in [5.41, 5.74) is 0.716. The zero-order valence-corrected chi connectivity index (χ0v) is 24.0. The van der Waals surface area contributed by atoms with Crippen LogP contribution in [0.4, 0.5) is 0 Å². The van der Waals surface area contributed by atoms with Crippen LogP contribution in [-0.4, -0.2) is 51.2 Å². The normalized spacial score (nSPS) is 21.3. The van der Waals surface area contributed by atoms with Gasteiger partial charge in [-0.05, 0) is 13.0 Å². The van der Waals surface area contributed by atoms with Crippen LogP contribution in [0.2, 0.25) is 40.5 Å². The van der Waals surface area contributed by atoms with Crippen LogP contribution in [0.1, 0.15) is 39.5 Å². The van der Waals surface area contributed by atoms with Gasteiger partial charge < -0.3 is 4.74 Å². The molecule has 1 aliphatic heterocycles. The molecule has 0 unspecified atom stereocenters. The predicted octanol–water partition coefficient (Wildman–Crippen LogP) is 6.77. The van der Waals surface area contributed by atoms with E-state index in [0.717, 1.165) is 31.7 Å². The fraction of sp³-hybridized carbons (Fsp3) is 0.708. The average Bonchev–Trinajstić information content (AvgIpc) is 3.29. The summed E-state index contributed by atoms with van der Waals surface area (Å²) in [4.78, 5) is 19.3. The molecule has 3 atom stereocenters. The van der Waals surface area contributed by atoms with Gasteiger partial charge in [-0.1, -0.05) is 19.6 Å². The van der Waals surface area contributed by atoms with Crippen LogP contribution in [0.3, 0.4) is 0 Å². The molecule has 1 rings (SSSR count). The molecule has 0 amide bonds. The van der Waals surface area contributed by atoms with E-state index in [-0.39, 0.29) is 12.1 Å². The van der Waals surface area contributed by atoms with Gasteiger partial charge in [0.15, 0.2) is 0 Å². The van der Waals surface area contributed by atoms with Crippen LogP contribution in [0, 0.1) is 5.92 Å². The van der Waals surface area contributed by atoms with Gasteiger partial charge in [0, 0.05) is 8.07 Å². The first-order chi connectivity index (χ1) is 13.3. The zero-order chi connectivity index (χ0) is 22.2. The van der Waals surface area contributed by atoms with Crippen molar-refractivity contribution in [2.45, 2.75) is 92.2 Å². The summed E-state index contributed by atoms with van der Waals surface area (Å²) in [6, 6.07) is 1.02. The van der Waals surface area contributed by atoms with E-state index in [4.69, 9.17) is 9.47 Å². The van der Waals surface area contributed by atoms with Crippen molar-refractivity contribution in [2.24, 2.45) is 5.92 Å². The summed E-state index contributed by atoms with van der Waals surface area (Å²) in [6.45, 7) is 15.9. The molecule has 166 valence electrons. The Hall–Kier alpha value is -0.334. The maximum atomic E-state index is 12.0. The quantitative estimate of drug-likeness (QED) is 0.0663. The predicted molar refractivity (Wildman–Crippen MR) is 131 cm³/mol. The Morgan fingerprint density at radius 2 is 1.90 bits per heavy atom.